The number of nitrogens with one attached hydrogen (secondary N) is 2. The summed E-state index contributed by atoms with van der Waals surface area (Å²) in [5.74, 6) is 1.32. The Morgan fingerprint density at radius 1 is 1.20 bits per heavy atom. The Morgan fingerprint density at radius 2 is 1.97 bits per heavy atom. The van der Waals surface area contributed by atoms with E-state index in [2.05, 4.69) is 43.4 Å². The minimum absolute atomic E-state index is 0. The van der Waals surface area contributed by atoms with Crippen molar-refractivity contribution in [3.63, 3.8) is 0 Å². The van der Waals surface area contributed by atoms with Crippen molar-refractivity contribution < 1.29 is 4.74 Å². The molecule has 1 saturated heterocycles. The molecule has 30 heavy (non-hydrogen) atoms. The number of ether oxygens (including phenoxy) is 1. The van der Waals surface area contributed by atoms with Gasteiger partial charge in [-0.1, -0.05) is 39.0 Å². The Balaban J connectivity index is 0.00000320. The molecular weight excluding hydrogens is 489 g/mol. The van der Waals surface area contributed by atoms with Gasteiger partial charge in [0.15, 0.2) is 5.96 Å². The number of rotatable bonds is 6. The third-order valence-electron chi connectivity index (χ3n) is 5.24. The van der Waals surface area contributed by atoms with Crippen molar-refractivity contribution in [2.75, 3.05) is 19.7 Å². The van der Waals surface area contributed by atoms with Crippen molar-refractivity contribution in [2.24, 2.45) is 16.3 Å². The predicted molar refractivity (Wildman–Crippen MR) is 134 cm³/mol. The van der Waals surface area contributed by atoms with Crippen molar-refractivity contribution in [3.05, 3.63) is 48.3 Å². The van der Waals surface area contributed by atoms with E-state index >= 15 is 0 Å². The summed E-state index contributed by atoms with van der Waals surface area (Å²) in [4.78, 5) is 4.74. The number of para-hydroxylation sites is 1. The SMILES string of the molecule is CCNC(=NCc1ccn(-c2ccccc2)n1)NCC1CCCOC1C(C)(C)C.I. The van der Waals surface area contributed by atoms with Gasteiger partial charge in [-0.25, -0.2) is 9.67 Å². The lowest BCUT2D eigenvalue weighted by Crippen LogP contribution is -2.47. The largest absolute Gasteiger partial charge is 0.377 e. The fraction of sp³-hybridized carbons (Fsp3) is 0.565. The molecule has 6 nitrogen and oxygen atoms in total. The van der Waals surface area contributed by atoms with Crippen LogP contribution in [0.3, 0.4) is 0 Å². The molecule has 166 valence electrons. The monoisotopic (exact) mass is 525 g/mol. The van der Waals surface area contributed by atoms with Gasteiger partial charge in [-0.3, -0.25) is 0 Å². The molecule has 0 saturated carbocycles. The number of nitrogens with zero attached hydrogens (tertiary/aromatic N) is 3. The highest BCUT2D eigenvalue weighted by Gasteiger charge is 2.35. The van der Waals surface area contributed by atoms with Crippen LogP contribution in [0.2, 0.25) is 0 Å². The molecule has 0 amide bonds. The minimum atomic E-state index is 0. The molecule has 0 aliphatic carbocycles. The summed E-state index contributed by atoms with van der Waals surface area (Å²) in [6.45, 7) is 12.0. The highest BCUT2D eigenvalue weighted by atomic mass is 127. The van der Waals surface area contributed by atoms with E-state index in [1.54, 1.807) is 0 Å². The van der Waals surface area contributed by atoms with Crippen molar-refractivity contribution >= 4 is 29.9 Å². The molecule has 0 bridgehead atoms. The Hall–Kier alpha value is -1.61. The predicted octanol–water partition coefficient (Wildman–Crippen LogP) is 4.39. The molecule has 0 spiro atoms. The molecule has 2 heterocycles. The van der Waals surface area contributed by atoms with E-state index in [4.69, 9.17) is 9.73 Å². The van der Waals surface area contributed by atoms with Crippen LogP contribution >= 0.6 is 24.0 Å². The van der Waals surface area contributed by atoms with E-state index in [1.165, 1.54) is 6.42 Å². The molecule has 2 aromatic rings. The number of aromatic nitrogens is 2. The second kappa shape index (κ2) is 11.7. The highest BCUT2D eigenvalue weighted by Crippen LogP contribution is 2.33. The van der Waals surface area contributed by atoms with Crippen LogP contribution in [0.25, 0.3) is 5.69 Å². The maximum Gasteiger partial charge on any atom is 0.191 e. The Kier molecular flexibility index (Phi) is 9.61. The van der Waals surface area contributed by atoms with Crippen LogP contribution < -0.4 is 10.6 Å². The van der Waals surface area contributed by atoms with E-state index in [9.17, 15) is 0 Å². The summed E-state index contributed by atoms with van der Waals surface area (Å²) in [6, 6.07) is 12.1. The summed E-state index contributed by atoms with van der Waals surface area (Å²) in [5, 5.41) is 11.5. The van der Waals surface area contributed by atoms with Crippen molar-refractivity contribution in [1.29, 1.82) is 0 Å². The average Bonchev–Trinajstić information content (AvgIpc) is 3.19. The maximum absolute atomic E-state index is 6.11. The molecule has 3 rings (SSSR count). The Bertz CT molecular complexity index is 784. The number of benzene rings is 1. The number of guanidine groups is 1. The number of hydrogen-bond acceptors (Lipinski definition) is 3. The van der Waals surface area contributed by atoms with E-state index in [1.807, 2.05) is 47.3 Å². The van der Waals surface area contributed by atoms with Gasteiger partial charge in [0.05, 0.1) is 24.0 Å². The van der Waals surface area contributed by atoms with Crippen LogP contribution in [-0.2, 0) is 11.3 Å². The molecule has 2 atom stereocenters. The van der Waals surface area contributed by atoms with Gasteiger partial charge in [-0.2, -0.15) is 5.10 Å². The fourth-order valence-electron chi connectivity index (χ4n) is 3.91. The van der Waals surface area contributed by atoms with Crippen molar-refractivity contribution in [1.82, 2.24) is 20.4 Å². The molecule has 2 unspecified atom stereocenters. The molecular formula is C23H36IN5O. The zero-order valence-corrected chi connectivity index (χ0v) is 20.9. The van der Waals surface area contributed by atoms with Crippen LogP contribution in [0, 0.1) is 11.3 Å². The van der Waals surface area contributed by atoms with E-state index in [0.717, 1.165) is 43.5 Å². The van der Waals surface area contributed by atoms with Gasteiger partial charge >= 0.3 is 0 Å². The van der Waals surface area contributed by atoms with Gasteiger partial charge in [-0.15, -0.1) is 24.0 Å². The topological polar surface area (TPSA) is 63.5 Å². The van der Waals surface area contributed by atoms with Crippen LogP contribution in [-0.4, -0.2) is 41.5 Å². The summed E-state index contributed by atoms with van der Waals surface area (Å²) in [6.07, 6.45) is 4.57. The first-order valence-electron chi connectivity index (χ1n) is 10.7. The highest BCUT2D eigenvalue weighted by molar-refractivity contribution is 14.0. The van der Waals surface area contributed by atoms with Gasteiger partial charge < -0.3 is 15.4 Å². The number of halogens is 1. The normalized spacial score (nSPS) is 19.8. The van der Waals surface area contributed by atoms with E-state index in [-0.39, 0.29) is 35.5 Å². The number of aliphatic imine (C=N–C) groups is 1. The minimum Gasteiger partial charge on any atom is -0.377 e. The Labute approximate surface area is 197 Å². The molecule has 0 radical (unpaired) electrons. The molecule has 1 aromatic carbocycles. The molecule has 2 N–H and O–H groups in total. The standard InChI is InChI=1S/C23H35N5O.HI/c1-5-24-22(25-16-18-10-9-15-29-21(18)23(2,3)4)26-17-19-13-14-28(27-19)20-11-7-6-8-12-20;/h6-8,11-14,18,21H,5,9-10,15-17H2,1-4H3,(H2,24,25,26);1H. The Morgan fingerprint density at radius 3 is 2.67 bits per heavy atom. The lowest BCUT2D eigenvalue weighted by Gasteiger charge is -2.40. The van der Waals surface area contributed by atoms with Crippen LogP contribution in [0.5, 0.6) is 0 Å². The molecule has 1 aliphatic heterocycles. The lowest BCUT2D eigenvalue weighted by atomic mass is 9.78. The van der Waals surface area contributed by atoms with Crippen LogP contribution in [0.1, 0.15) is 46.2 Å². The second-order valence-corrected chi connectivity index (χ2v) is 8.72. The number of hydrogen-bond donors (Lipinski definition) is 2. The van der Waals surface area contributed by atoms with Gasteiger partial charge in [0.1, 0.15) is 0 Å². The fourth-order valence-corrected chi connectivity index (χ4v) is 3.91. The second-order valence-electron chi connectivity index (χ2n) is 8.72. The first-order chi connectivity index (χ1) is 14.0. The smallest absolute Gasteiger partial charge is 0.191 e. The molecule has 1 fully saturated rings. The van der Waals surface area contributed by atoms with Gasteiger partial charge in [-0.05, 0) is 43.4 Å². The zero-order chi connectivity index (χ0) is 20.7. The molecule has 7 heteroatoms. The van der Waals surface area contributed by atoms with Crippen molar-refractivity contribution in [2.45, 2.75) is 53.2 Å². The average molecular weight is 525 g/mol. The van der Waals surface area contributed by atoms with E-state index < -0.39 is 0 Å². The van der Waals surface area contributed by atoms with Gasteiger partial charge in [0.2, 0.25) is 0 Å². The van der Waals surface area contributed by atoms with Gasteiger partial charge in [0.25, 0.3) is 0 Å². The summed E-state index contributed by atoms with van der Waals surface area (Å²) in [5.41, 5.74) is 2.14. The van der Waals surface area contributed by atoms with Crippen molar-refractivity contribution in [3.8, 4) is 5.69 Å². The first-order valence-corrected chi connectivity index (χ1v) is 10.7. The quantitative estimate of drug-likeness (QED) is 0.334. The lowest BCUT2D eigenvalue weighted by molar-refractivity contribution is -0.0835. The summed E-state index contributed by atoms with van der Waals surface area (Å²) < 4.78 is 8.00. The third-order valence-corrected chi connectivity index (χ3v) is 5.24. The maximum atomic E-state index is 6.11. The van der Waals surface area contributed by atoms with Crippen LogP contribution in [0.15, 0.2) is 47.6 Å². The summed E-state index contributed by atoms with van der Waals surface area (Å²) in [7, 11) is 0. The summed E-state index contributed by atoms with van der Waals surface area (Å²) >= 11 is 0. The van der Waals surface area contributed by atoms with E-state index in [0.29, 0.717) is 12.5 Å². The molecule has 1 aliphatic rings. The first kappa shape index (κ1) is 24.7. The van der Waals surface area contributed by atoms with Crippen LogP contribution in [0.4, 0.5) is 0 Å². The van der Waals surface area contributed by atoms with Gasteiger partial charge in [0, 0.05) is 31.8 Å². The molecule has 1 aromatic heterocycles. The third kappa shape index (κ3) is 6.97. The zero-order valence-electron chi connectivity index (χ0n) is 18.6.